The molecule has 16 heavy (non-hydrogen) atoms. The molecule has 1 heterocycles. The highest BCUT2D eigenvalue weighted by Gasteiger charge is 2.14. The molecule has 1 aromatic carbocycles. The minimum atomic E-state index is 0.422. The predicted molar refractivity (Wildman–Crippen MR) is 64.8 cm³/mol. The molecule has 0 fully saturated rings. The lowest BCUT2D eigenvalue weighted by Crippen LogP contribution is -1.95. The Hall–Kier alpha value is -1.48. The van der Waals surface area contributed by atoms with Crippen molar-refractivity contribution in [3.05, 3.63) is 29.0 Å². The van der Waals surface area contributed by atoms with E-state index in [0.717, 1.165) is 34.5 Å². The fourth-order valence-electron chi connectivity index (χ4n) is 1.94. The minimum Gasteiger partial charge on any atom is -0.493 e. The first-order valence-corrected chi connectivity index (χ1v) is 5.50. The van der Waals surface area contributed by atoms with Crippen molar-refractivity contribution in [3.63, 3.8) is 0 Å². The molecule has 0 unspecified atom stereocenters. The van der Waals surface area contributed by atoms with E-state index in [2.05, 4.69) is 13.0 Å². The quantitative estimate of drug-likeness (QED) is 0.863. The molecule has 0 spiro atoms. The number of aryl methyl sites for hydroxylation is 2. The van der Waals surface area contributed by atoms with Crippen LogP contribution in [0.25, 0.3) is 11.0 Å². The van der Waals surface area contributed by atoms with Crippen molar-refractivity contribution in [1.29, 1.82) is 0 Å². The number of methoxy groups -OCH3 is 1. The van der Waals surface area contributed by atoms with Gasteiger partial charge in [-0.2, -0.15) is 0 Å². The first kappa shape index (κ1) is 11.0. The van der Waals surface area contributed by atoms with Gasteiger partial charge in [-0.15, -0.1) is 0 Å². The predicted octanol–water partition coefficient (Wildman–Crippen LogP) is 2.77. The minimum absolute atomic E-state index is 0.422. The van der Waals surface area contributed by atoms with Gasteiger partial charge >= 0.3 is 0 Å². The van der Waals surface area contributed by atoms with Crippen LogP contribution in [0.2, 0.25) is 0 Å². The molecule has 0 saturated carbocycles. The van der Waals surface area contributed by atoms with Crippen LogP contribution in [0, 0.1) is 6.92 Å². The van der Waals surface area contributed by atoms with Gasteiger partial charge in [-0.25, -0.2) is 0 Å². The summed E-state index contributed by atoms with van der Waals surface area (Å²) in [7, 11) is 1.66. The average molecular weight is 219 g/mol. The largest absolute Gasteiger partial charge is 0.493 e. The van der Waals surface area contributed by atoms with Gasteiger partial charge in [0.05, 0.1) is 13.7 Å². The summed E-state index contributed by atoms with van der Waals surface area (Å²) in [5.74, 6) is 1.62. The Morgan fingerprint density at radius 3 is 2.69 bits per heavy atom. The Kier molecular flexibility index (Phi) is 2.88. The van der Waals surface area contributed by atoms with E-state index in [-0.39, 0.29) is 0 Å². The van der Waals surface area contributed by atoms with Gasteiger partial charge < -0.3 is 14.9 Å². The molecule has 86 valence electrons. The number of nitrogens with two attached hydrogens (primary N) is 1. The number of rotatable bonds is 3. The van der Waals surface area contributed by atoms with Crippen molar-refractivity contribution in [3.8, 4) is 5.75 Å². The third-order valence-electron chi connectivity index (χ3n) is 2.98. The van der Waals surface area contributed by atoms with E-state index < -0.39 is 0 Å². The summed E-state index contributed by atoms with van der Waals surface area (Å²) in [6.07, 6.45) is 0.981. The van der Waals surface area contributed by atoms with Crippen LogP contribution in [0.1, 0.15) is 23.8 Å². The Labute approximate surface area is 95.2 Å². The van der Waals surface area contributed by atoms with Crippen molar-refractivity contribution in [1.82, 2.24) is 0 Å². The molecule has 2 aromatic rings. The zero-order valence-corrected chi connectivity index (χ0v) is 9.96. The Morgan fingerprint density at radius 2 is 2.12 bits per heavy atom. The molecular weight excluding hydrogens is 202 g/mol. The summed E-state index contributed by atoms with van der Waals surface area (Å²) < 4.78 is 11.1. The van der Waals surface area contributed by atoms with Crippen molar-refractivity contribution in [2.24, 2.45) is 5.73 Å². The highest BCUT2D eigenvalue weighted by molar-refractivity contribution is 5.88. The lowest BCUT2D eigenvalue weighted by Gasteiger charge is -2.03. The third kappa shape index (κ3) is 1.57. The average Bonchev–Trinajstić information content (AvgIpc) is 2.65. The second-order valence-electron chi connectivity index (χ2n) is 3.88. The topological polar surface area (TPSA) is 48.4 Å². The molecule has 2 N–H and O–H groups in total. The van der Waals surface area contributed by atoms with Gasteiger partial charge in [0.1, 0.15) is 5.76 Å². The highest BCUT2D eigenvalue weighted by Crippen LogP contribution is 2.33. The van der Waals surface area contributed by atoms with Crippen LogP contribution in [0.5, 0.6) is 5.75 Å². The first-order chi connectivity index (χ1) is 7.71. The van der Waals surface area contributed by atoms with Crippen LogP contribution in [0.4, 0.5) is 0 Å². The molecule has 0 aliphatic rings. The standard InChI is InChI=1S/C13H17NO2/c1-4-9-5-10-8(2)12(7-14)16-13(10)11(6-9)15-3/h5-6H,4,7,14H2,1-3H3. The van der Waals surface area contributed by atoms with E-state index in [4.69, 9.17) is 14.9 Å². The monoisotopic (exact) mass is 219 g/mol. The summed E-state index contributed by atoms with van der Waals surface area (Å²) in [5, 5.41) is 1.11. The number of hydrogen-bond donors (Lipinski definition) is 1. The number of furan rings is 1. The van der Waals surface area contributed by atoms with E-state index in [1.807, 2.05) is 13.0 Å². The molecule has 0 amide bonds. The fraction of sp³-hybridized carbons (Fsp3) is 0.385. The molecule has 3 heteroatoms. The smallest absolute Gasteiger partial charge is 0.176 e. The number of benzene rings is 1. The van der Waals surface area contributed by atoms with Crippen molar-refractivity contribution >= 4 is 11.0 Å². The van der Waals surface area contributed by atoms with Crippen molar-refractivity contribution in [2.45, 2.75) is 26.8 Å². The van der Waals surface area contributed by atoms with E-state index in [1.165, 1.54) is 5.56 Å². The molecule has 2 rings (SSSR count). The van der Waals surface area contributed by atoms with E-state index in [1.54, 1.807) is 7.11 Å². The molecule has 0 radical (unpaired) electrons. The summed E-state index contributed by atoms with van der Waals surface area (Å²) in [6.45, 7) is 4.58. The number of ether oxygens (including phenoxy) is 1. The van der Waals surface area contributed by atoms with Crippen LogP contribution in [0.15, 0.2) is 16.5 Å². The molecular formula is C13H17NO2. The van der Waals surface area contributed by atoms with Gasteiger partial charge in [-0.1, -0.05) is 6.92 Å². The first-order valence-electron chi connectivity index (χ1n) is 5.50. The Morgan fingerprint density at radius 1 is 1.38 bits per heavy atom. The molecule has 1 aromatic heterocycles. The van der Waals surface area contributed by atoms with Crippen molar-refractivity contribution in [2.75, 3.05) is 7.11 Å². The zero-order chi connectivity index (χ0) is 11.7. The molecule has 0 bridgehead atoms. The molecule has 0 aliphatic carbocycles. The van der Waals surface area contributed by atoms with E-state index in [9.17, 15) is 0 Å². The van der Waals surface area contributed by atoms with Gasteiger partial charge in [-0.3, -0.25) is 0 Å². The second kappa shape index (κ2) is 4.18. The van der Waals surface area contributed by atoms with Gasteiger partial charge in [0.25, 0.3) is 0 Å². The van der Waals surface area contributed by atoms with Gasteiger partial charge in [-0.05, 0) is 36.6 Å². The maximum absolute atomic E-state index is 5.72. The lowest BCUT2D eigenvalue weighted by molar-refractivity contribution is 0.407. The normalized spacial score (nSPS) is 11.0. The van der Waals surface area contributed by atoms with Crippen LogP contribution in [0.3, 0.4) is 0 Å². The number of fused-ring (bicyclic) bond motifs is 1. The lowest BCUT2D eigenvalue weighted by atomic mass is 10.1. The zero-order valence-electron chi connectivity index (χ0n) is 9.96. The highest BCUT2D eigenvalue weighted by atomic mass is 16.5. The maximum Gasteiger partial charge on any atom is 0.176 e. The SMILES string of the molecule is CCc1cc(OC)c2oc(CN)c(C)c2c1. The molecule has 0 atom stereocenters. The van der Waals surface area contributed by atoms with Crippen LogP contribution in [-0.4, -0.2) is 7.11 Å². The third-order valence-corrected chi connectivity index (χ3v) is 2.98. The summed E-state index contributed by atoms with van der Waals surface area (Å²) >= 11 is 0. The van der Waals surface area contributed by atoms with Crippen LogP contribution >= 0.6 is 0 Å². The summed E-state index contributed by atoms with van der Waals surface area (Å²) in [5.41, 5.74) is 8.81. The Bertz CT molecular complexity index is 514. The van der Waals surface area contributed by atoms with E-state index >= 15 is 0 Å². The summed E-state index contributed by atoms with van der Waals surface area (Å²) in [4.78, 5) is 0. The van der Waals surface area contributed by atoms with Gasteiger partial charge in [0, 0.05) is 5.39 Å². The second-order valence-corrected chi connectivity index (χ2v) is 3.88. The fourth-order valence-corrected chi connectivity index (χ4v) is 1.94. The van der Waals surface area contributed by atoms with Gasteiger partial charge in [0.15, 0.2) is 11.3 Å². The summed E-state index contributed by atoms with van der Waals surface area (Å²) in [6, 6.07) is 4.17. The molecule has 0 saturated heterocycles. The van der Waals surface area contributed by atoms with E-state index in [0.29, 0.717) is 6.54 Å². The van der Waals surface area contributed by atoms with Crippen LogP contribution < -0.4 is 10.5 Å². The van der Waals surface area contributed by atoms with Crippen molar-refractivity contribution < 1.29 is 9.15 Å². The number of hydrogen-bond acceptors (Lipinski definition) is 3. The molecule has 0 aliphatic heterocycles. The van der Waals surface area contributed by atoms with Crippen LogP contribution in [-0.2, 0) is 13.0 Å². The molecule has 3 nitrogen and oxygen atoms in total. The Balaban J connectivity index is 2.76. The van der Waals surface area contributed by atoms with Gasteiger partial charge in [0.2, 0.25) is 0 Å². The maximum atomic E-state index is 5.72.